The van der Waals surface area contributed by atoms with Crippen molar-refractivity contribution in [2.24, 2.45) is 11.8 Å². The van der Waals surface area contributed by atoms with Crippen molar-refractivity contribution in [1.82, 2.24) is 15.4 Å². The van der Waals surface area contributed by atoms with Gasteiger partial charge in [-0.15, -0.1) is 0 Å². The van der Waals surface area contributed by atoms with Gasteiger partial charge < -0.3 is 9.26 Å². The van der Waals surface area contributed by atoms with E-state index in [2.05, 4.69) is 10.5 Å². The summed E-state index contributed by atoms with van der Waals surface area (Å²) in [7, 11) is 2.70. The van der Waals surface area contributed by atoms with E-state index in [1.165, 1.54) is 14.2 Å². The molecule has 8 nitrogen and oxygen atoms in total. The number of carbonyl (C=O) groups excluding carboxylic acids is 3. The van der Waals surface area contributed by atoms with Gasteiger partial charge in [-0.2, -0.15) is 0 Å². The number of imide groups is 1. The van der Waals surface area contributed by atoms with E-state index in [-0.39, 0.29) is 11.8 Å². The van der Waals surface area contributed by atoms with Crippen molar-refractivity contribution in [1.29, 1.82) is 0 Å². The van der Waals surface area contributed by atoms with Gasteiger partial charge in [-0.1, -0.05) is 5.16 Å². The van der Waals surface area contributed by atoms with Crippen LogP contribution < -0.4 is 5.32 Å². The number of fused-ring (bicyclic) bond motifs is 1. The molecule has 0 aromatic carbocycles. The predicted molar refractivity (Wildman–Crippen MR) is 77.0 cm³/mol. The van der Waals surface area contributed by atoms with Gasteiger partial charge in [-0.3, -0.25) is 24.6 Å². The molecule has 0 unspecified atom stereocenters. The van der Waals surface area contributed by atoms with Crippen LogP contribution in [0.3, 0.4) is 0 Å². The Kier molecular flexibility index (Phi) is 3.33. The minimum atomic E-state index is -1.28. The van der Waals surface area contributed by atoms with E-state index in [0.717, 1.165) is 4.90 Å². The van der Waals surface area contributed by atoms with Crippen LogP contribution in [0.1, 0.15) is 30.0 Å². The Labute approximate surface area is 133 Å². The maximum absolute atomic E-state index is 12.6. The van der Waals surface area contributed by atoms with Crippen LogP contribution in [0.2, 0.25) is 0 Å². The molecular weight excluding hydrogens is 302 g/mol. The summed E-state index contributed by atoms with van der Waals surface area (Å²) < 4.78 is 10.1. The number of nitrogens with zero attached hydrogens (tertiary/aromatic N) is 2. The third-order valence-corrected chi connectivity index (χ3v) is 5.02. The summed E-state index contributed by atoms with van der Waals surface area (Å²) in [5.74, 6) is -2.21. The second-order valence-electron chi connectivity index (χ2n) is 6.29. The molecule has 1 aromatic heterocycles. The standard InChI is InChI=1S/C15H19N3O5/c1-6-8(7(2)23-17-6)11-9-10(13(20)18(4)12(9)19)15(3,16-11)14(21)22-5/h9-11,16H,1-5H3/t9-,10-,11-,15-/m1/s1. The highest BCUT2D eigenvalue weighted by Crippen LogP contribution is 2.49. The number of ether oxygens (including phenoxy) is 1. The maximum atomic E-state index is 12.6. The third-order valence-electron chi connectivity index (χ3n) is 5.02. The van der Waals surface area contributed by atoms with Crippen LogP contribution in [0.5, 0.6) is 0 Å². The Morgan fingerprint density at radius 2 is 2.00 bits per heavy atom. The van der Waals surface area contributed by atoms with Crippen molar-refractivity contribution in [3.63, 3.8) is 0 Å². The fraction of sp³-hybridized carbons (Fsp3) is 0.600. The third kappa shape index (κ3) is 1.87. The fourth-order valence-corrected chi connectivity index (χ4v) is 3.86. The molecule has 0 radical (unpaired) electrons. The first kappa shape index (κ1) is 15.7. The number of carbonyl (C=O) groups is 3. The second kappa shape index (κ2) is 4.89. The predicted octanol–water partition coefficient (Wildman–Crippen LogP) is 0.0984. The molecule has 3 rings (SSSR count). The zero-order valence-corrected chi connectivity index (χ0v) is 13.7. The Morgan fingerprint density at radius 3 is 2.52 bits per heavy atom. The van der Waals surface area contributed by atoms with Crippen LogP contribution in [-0.4, -0.2) is 47.5 Å². The number of aryl methyl sites for hydroxylation is 2. The van der Waals surface area contributed by atoms with Gasteiger partial charge in [0.2, 0.25) is 11.8 Å². The largest absolute Gasteiger partial charge is 0.468 e. The molecule has 0 spiro atoms. The molecule has 3 heterocycles. The summed E-state index contributed by atoms with van der Waals surface area (Å²) >= 11 is 0. The van der Waals surface area contributed by atoms with Crippen LogP contribution in [0.4, 0.5) is 0 Å². The van der Waals surface area contributed by atoms with E-state index < -0.39 is 29.4 Å². The minimum absolute atomic E-state index is 0.315. The number of likely N-dealkylation sites (tertiary alicyclic amines) is 1. The first-order valence-electron chi connectivity index (χ1n) is 7.34. The van der Waals surface area contributed by atoms with Gasteiger partial charge in [-0.25, -0.2) is 0 Å². The van der Waals surface area contributed by atoms with Crippen molar-refractivity contribution in [2.75, 3.05) is 14.2 Å². The summed E-state index contributed by atoms with van der Waals surface area (Å²) in [6.07, 6.45) is 0. The number of amides is 2. The molecule has 2 fully saturated rings. The maximum Gasteiger partial charge on any atom is 0.326 e. The smallest absolute Gasteiger partial charge is 0.326 e. The highest BCUT2D eigenvalue weighted by atomic mass is 16.5. The number of rotatable bonds is 2. The van der Waals surface area contributed by atoms with Crippen molar-refractivity contribution in [3.05, 3.63) is 17.0 Å². The lowest BCUT2D eigenvalue weighted by molar-refractivity contribution is -0.152. The molecular formula is C15H19N3O5. The number of aromatic nitrogens is 1. The molecule has 4 atom stereocenters. The minimum Gasteiger partial charge on any atom is -0.468 e. The number of esters is 1. The van der Waals surface area contributed by atoms with E-state index in [4.69, 9.17) is 9.26 Å². The van der Waals surface area contributed by atoms with Crippen molar-refractivity contribution < 1.29 is 23.6 Å². The Bertz CT molecular complexity index is 692. The van der Waals surface area contributed by atoms with Crippen molar-refractivity contribution in [3.8, 4) is 0 Å². The molecule has 0 aliphatic carbocycles. The number of hydrogen-bond acceptors (Lipinski definition) is 7. The summed E-state index contributed by atoms with van der Waals surface area (Å²) in [4.78, 5) is 38.5. The van der Waals surface area contributed by atoms with E-state index in [1.807, 2.05) is 0 Å². The Morgan fingerprint density at radius 1 is 1.35 bits per heavy atom. The SMILES string of the molecule is COC(=O)[C@]1(C)N[C@H](c2c(C)noc2C)[C@@H]2C(=O)N(C)C(=O)[C@@H]21. The summed E-state index contributed by atoms with van der Waals surface area (Å²) in [5.41, 5.74) is 0.0596. The normalized spacial score (nSPS) is 33.3. The Hall–Kier alpha value is -2.22. The monoisotopic (exact) mass is 321 g/mol. The molecule has 2 aliphatic rings. The summed E-state index contributed by atoms with van der Waals surface area (Å²) in [5, 5.41) is 7.05. The Balaban J connectivity index is 2.15. The summed E-state index contributed by atoms with van der Waals surface area (Å²) in [6, 6.07) is -0.531. The molecule has 23 heavy (non-hydrogen) atoms. The molecule has 1 aromatic rings. The van der Waals surface area contributed by atoms with Crippen molar-refractivity contribution >= 4 is 17.8 Å². The first-order chi connectivity index (χ1) is 10.7. The summed E-state index contributed by atoms with van der Waals surface area (Å²) in [6.45, 7) is 5.10. The molecule has 124 valence electrons. The van der Waals surface area contributed by atoms with Crippen molar-refractivity contribution in [2.45, 2.75) is 32.4 Å². The van der Waals surface area contributed by atoms with Gasteiger partial charge in [0.25, 0.3) is 0 Å². The second-order valence-corrected chi connectivity index (χ2v) is 6.29. The van der Waals surface area contributed by atoms with Crippen LogP contribution >= 0.6 is 0 Å². The van der Waals surface area contributed by atoms with E-state index in [9.17, 15) is 14.4 Å². The average molecular weight is 321 g/mol. The number of methoxy groups -OCH3 is 1. The number of hydrogen-bond donors (Lipinski definition) is 1. The van der Waals surface area contributed by atoms with Crippen LogP contribution in [0.15, 0.2) is 4.52 Å². The lowest BCUT2D eigenvalue weighted by Crippen LogP contribution is -2.53. The highest BCUT2D eigenvalue weighted by molar-refractivity contribution is 6.09. The van der Waals surface area contributed by atoms with Gasteiger partial charge in [0.15, 0.2) is 0 Å². The van der Waals surface area contributed by atoms with Gasteiger partial charge >= 0.3 is 5.97 Å². The van der Waals surface area contributed by atoms with Crippen LogP contribution in [0, 0.1) is 25.7 Å². The topological polar surface area (TPSA) is 102 Å². The fourth-order valence-electron chi connectivity index (χ4n) is 3.86. The molecule has 2 saturated heterocycles. The molecule has 2 amide bonds. The van der Waals surface area contributed by atoms with E-state index in [1.54, 1.807) is 20.8 Å². The zero-order valence-electron chi connectivity index (χ0n) is 13.7. The van der Waals surface area contributed by atoms with Gasteiger partial charge in [0.05, 0.1) is 30.7 Å². The molecule has 0 saturated carbocycles. The lowest BCUT2D eigenvalue weighted by Gasteiger charge is -2.27. The van der Waals surface area contributed by atoms with E-state index >= 15 is 0 Å². The number of nitrogens with one attached hydrogen (secondary N) is 1. The van der Waals surface area contributed by atoms with E-state index in [0.29, 0.717) is 17.0 Å². The molecule has 1 N–H and O–H groups in total. The molecule has 8 heteroatoms. The highest BCUT2D eigenvalue weighted by Gasteiger charge is 2.66. The van der Waals surface area contributed by atoms with Crippen LogP contribution in [-0.2, 0) is 19.1 Å². The average Bonchev–Trinajstić information content (AvgIpc) is 3.08. The first-order valence-corrected chi connectivity index (χ1v) is 7.34. The lowest BCUT2D eigenvalue weighted by atomic mass is 9.80. The molecule has 0 bridgehead atoms. The van der Waals surface area contributed by atoms with Gasteiger partial charge in [-0.05, 0) is 20.8 Å². The molecule has 2 aliphatic heterocycles. The van der Waals surface area contributed by atoms with Crippen LogP contribution in [0.25, 0.3) is 0 Å². The van der Waals surface area contributed by atoms with Gasteiger partial charge in [0.1, 0.15) is 11.3 Å². The van der Waals surface area contributed by atoms with Gasteiger partial charge in [0, 0.05) is 12.6 Å². The zero-order chi connectivity index (χ0) is 17.1. The quantitative estimate of drug-likeness (QED) is 0.609.